The van der Waals surface area contributed by atoms with Gasteiger partial charge in [0.1, 0.15) is 5.82 Å². The van der Waals surface area contributed by atoms with Crippen LogP contribution in [0.25, 0.3) is 0 Å². The number of likely N-dealkylation sites (N-methyl/N-ethyl adjacent to an activating group) is 1. The minimum Gasteiger partial charge on any atom is -0.303 e. The molecule has 1 aromatic carbocycles. The van der Waals surface area contributed by atoms with E-state index in [-0.39, 0.29) is 5.82 Å². The van der Waals surface area contributed by atoms with E-state index in [1.807, 2.05) is 12.1 Å². The van der Waals surface area contributed by atoms with Crippen LogP contribution in [-0.4, -0.2) is 24.5 Å². The Morgan fingerprint density at radius 1 is 1.27 bits per heavy atom. The lowest BCUT2D eigenvalue weighted by atomic mass is 10.1. The van der Waals surface area contributed by atoms with Crippen LogP contribution in [0.15, 0.2) is 24.3 Å². The summed E-state index contributed by atoms with van der Waals surface area (Å²) in [5.41, 5.74) is 1.20. The van der Waals surface area contributed by atoms with Crippen molar-refractivity contribution < 1.29 is 4.39 Å². The Balaban J connectivity index is 2.50. The van der Waals surface area contributed by atoms with Crippen LogP contribution in [-0.2, 0) is 6.42 Å². The van der Waals surface area contributed by atoms with E-state index in [0.29, 0.717) is 6.04 Å². The molecule has 0 aliphatic rings. The lowest BCUT2D eigenvalue weighted by Gasteiger charge is -2.24. The van der Waals surface area contributed by atoms with E-state index in [1.165, 1.54) is 24.1 Å². The highest BCUT2D eigenvalue weighted by Gasteiger charge is 2.08. The predicted octanol–water partition coefficient (Wildman–Crippen LogP) is 3.10. The van der Waals surface area contributed by atoms with Crippen LogP contribution in [0.1, 0.15) is 25.8 Å². The third-order valence-corrected chi connectivity index (χ3v) is 2.77. The zero-order chi connectivity index (χ0) is 11.3. The monoisotopic (exact) mass is 209 g/mol. The molecule has 0 aromatic heterocycles. The van der Waals surface area contributed by atoms with E-state index in [2.05, 4.69) is 25.8 Å². The second kappa shape index (κ2) is 5.86. The molecule has 0 aliphatic carbocycles. The maximum atomic E-state index is 12.7. The molecule has 0 N–H and O–H groups in total. The maximum absolute atomic E-state index is 12.7. The Bertz CT molecular complexity index is 281. The zero-order valence-electron chi connectivity index (χ0n) is 9.83. The Labute approximate surface area is 91.9 Å². The molecule has 1 unspecified atom stereocenters. The molecule has 1 rings (SSSR count). The van der Waals surface area contributed by atoms with E-state index in [0.717, 1.165) is 13.0 Å². The lowest BCUT2D eigenvalue weighted by molar-refractivity contribution is 0.257. The van der Waals surface area contributed by atoms with Crippen molar-refractivity contribution in [1.29, 1.82) is 0 Å². The van der Waals surface area contributed by atoms with Gasteiger partial charge in [0.25, 0.3) is 0 Å². The minimum atomic E-state index is -0.159. The third kappa shape index (κ3) is 4.00. The van der Waals surface area contributed by atoms with E-state index in [1.54, 1.807) is 0 Å². The predicted molar refractivity (Wildman–Crippen MR) is 62.5 cm³/mol. The molecule has 1 nitrogen and oxygen atoms in total. The maximum Gasteiger partial charge on any atom is 0.123 e. The Kier molecular flexibility index (Phi) is 4.76. The van der Waals surface area contributed by atoms with Crippen molar-refractivity contribution in [1.82, 2.24) is 4.90 Å². The van der Waals surface area contributed by atoms with Gasteiger partial charge in [0.05, 0.1) is 0 Å². The molecule has 0 fully saturated rings. The quantitative estimate of drug-likeness (QED) is 0.720. The first-order valence-electron chi connectivity index (χ1n) is 5.58. The van der Waals surface area contributed by atoms with E-state index >= 15 is 0 Å². The van der Waals surface area contributed by atoms with E-state index in [4.69, 9.17) is 0 Å². The average Bonchev–Trinajstić information content (AvgIpc) is 2.22. The molecule has 0 saturated carbocycles. The number of hydrogen-bond donors (Lipinski definition) is 0. The highest BCUT2D eigenvalue weighted by molar-refractivity contribution is 5.16. The van der Waals surface area contributed by atoms with Crippen LogP contribution in [0.2, 0.25) is 0 Å². The molecule has 0 spiro atoms. The zero-order valence-corrected chi connectivity index (χ0v) is 9.83. The first-order valence-corrected chi connectivity index (χ1v) is 5.58. The molecule has 84 valence electrons. The number of benzene rings is 1. The molecule has 0 bridgehead atoms. The lowest BCUT2D eigenvalue weighted by Crippen LogP contribution is -2.31. The third-order valence-electron chi connectivity index (χ3n) is 2.77. The number of hydrogen-bond acceptors (Lipinski definition) is 1. The van der Waals surface area contributed by atoms with Crippen LogP contribution in [0.3, 0.4) is 0 Å². The Morgan fingerprint density at radius 3 is 2.40 bits per heavy atom. The van der Waals surface area contributed by atoms with Crippen LogP contribution >= 0.6 is 0 Å². The highest BCUT2D eigenvalue weighted by Crippen LogP contribution is 2.09. The van der Waals surface area contributed by atoms with Gasteiger partial charge in [0, 0.05) is 6.04 Å². The van der Waals surface area contributed by atoms with Gasteiger partial charge in [-0.25, -0.2) is 4.39 Å². The number of nitrogens with zero attached hydrogens (tertiary/aromatic N) is 1. The van der Waals surface area contributed by atoms with Crippen LogP contribution in [0.5, 0.6) is 0 Å². The normalized spacial score (nSPS) is 13.1. The first kappa shape index (κ1) is 12.2. The minimum absolute atomic E-state index is 0.159. The molecule has 2 heteroatoms. The summed E-state index contributed by atoms with van der Waals surface area (Å²) in [6.45, 7) is 5.50. The van der Waals surface area contributed by atoms with Gasteiger partial charge >= 0.3 is 0 Å². The molecule has 15 heavy (non-hydrogen) atoms. The SMILES string of the molecule is CCCN(C)C(C)Cc1ccc(F)cc1. The largest absolute Gasteiger partial charge is 0.303 e. The fourth-order valence-corrected chi connectivity index (χ4v) is 1.69. The van der Waals surface area contributed by atoms with E-state index < -0.39 is 0 Å². The van der Waals surface area contributed by atoms with Gasteiger partial charge in [-0.05, 0) is 51.1 Å². The smallest absolute Gasteiger partial charge is 0.123 e. The second-order valence-corrected chi connectivity index (χ2v) is 4.16. The summed E-state index contributed by atoms with van der Waals surface area (Å²) >= 11 is 0. The molecule has 0 heterocycles. The molecule has 1 atom stereocenters. The Hall–Kier alpha value is -0.890. The van der Waals surface area contributed by atoms with Gasteiger partial charge < -0.3 is 4.90 Å². The summed E-state index contributed by atoms with van der Waals surface area (Å²) in [5.74, 6) is -0.159. The number of halogens is 1. The topological polar surface area (TPSA) is 3.24 Å². The summed E-state index contributed by atoms with van der Waals surface area (Å²) in [4.78, 5) is 2.34. The molecular formula is C13H20FN. The fourth-order valence-electron chi connectivity index (χ4n) is 1.69. The fraction of sp³-hybridized carbons (Fsp3) is 0.538. The van der Waals surface area contributed by atoms with Crippen LogP contribution in [0, 0.1) is 5.82 Å². The van der Waals surface area contributed by atoms with Crippen LogP contribution < -0.4 is 0 Å². The summed E-state index contributed by atoms with van der Waals surface area (Å²) in [5, 5.41) is 0. The van der Waals surface area contributed by atoms with Gasteiger partial charge in [-0.2, -0.15) is 0 Å². The summed E-state index contributed by atoms with van der Waals surface area (Å²) in [7, 11) is 2.14. The van der Waals surface area contributed by atoms with Gasteiger partial charge in [0.15, 0.2) is 0 Å². The van der Waals surface area contributed by atoms with Crippen molar-refractivity contribution in [2.75, 3.05) is 13.6 Å². The molecule has 0 amide bonds. The summed E-state index contributed by atoms with van der Waals surface area (Å²) < 4.78 is 12.7. The van der Waals surface area contributed by atoms with Crippen molar-refractivity contribution >= 4 is 0 Å². The van der Waals surface area contributed by atoms with Crippen molar-refractivity contribution in [3.63, 3.8) is 0 Å². The summed E-state index contributed by atoms with van der Waals surface area (Å²) in [6.07, 6.45) is 2.15. The molecule has 0 aliphatic heterocycles. The van der Waals surface area contributed by atoms with Crippen LogP contribution in [0.4, 0.5) is 4.39 Å². The standard InChI is InChI=1S/C13H20FN/c1-4-9-15(3)11(2)10-12-5-7-13(14)8-6-12/h5-8,11H,4,9-10H2,1-3H3. The van der Waals surface area contributed by atoms with Crippen molar-refractivity contribution in [3.05, 3.63) is 35.6 Å². The number of rotatable bonds is 5. The van der Waals surface area contributed by atoms with E-state index in [9.17, 15) is 4.39 Å². The first-order chi connectivity index (χ1) is 7.13. The molecule has 0 saturated heterocycles. The molecular weight excluding hydrogens is 189 g/mol. The van der Waals surface area contributed by atoms with Crippen molar-refractivity contribution in [2.45, 2.75) is 32.7 Å². The van der Waals surface area contributed by atoms with Gasteiger partial charge in [-0.3, -0.25) is 0 Å². The van der Waals surface area contributed by atoms with Gasteiger partial charge in [0.2, 0.25) is 0 Å². The van der Waals surface area contributed by atoms with Crippen molar-refractivity contribution in [2.24, 2.45) is 0 Å². The molecule has 1 aromatic rings. The highest BCUT2D eigenvalue weighted by atomic mass is 19.1. The second-order valence-electron chi connectivity index (χ2n) is 4.16. The average molecular weight is 209 g/mol. The van der Waals surface area contributed by atoms with Crippen molar-refractivity contribution in [3.8, 4) is 0 Å². The summed E-state index contributed by atoms with van der Waals surface area (Å²) in [6, 6.07) is 7.30. The molecule has 0 radical (unpaired) electrons. The van der Waals surface area contributed by atoms with Gasteiger partial charge in [-0.1, -0.05) is 19.1 Å². The Morgan fingerprint density at radius 2 is 1.87 bits per heavy atom. The van der Waals surface area contributed by atoms with Gasteiger partial charge in [-0.15, -0.1) is 0 Å².